The molecule has 0 aliphatic carbocycles. The van der Waals surface area contributed by atoms with Crippen molar-refractivity contribution in [3.8, 4) is 0 Å². The predicted octanol–water partition coefficient (Wildman–Crippen LogP) is 2.51. The van der Waals surface area contributed by atoms with Gasteiger partial charge in [-0.05, 0) is 5.56 Å². The van der Waals surface area contributed by atoms with Crippen LogP contribution in [0, 0.1) is 0 Å². The summed E-state index contributed by atoms with van der Waals surface area (Å²) >= 11 is 4.86. The van der Waals surface area contributed by atoms with E-state index in [4.69, 9.17) is 16.3 Å². The van der Waals surface area contributed by atoms with Crippen LogP contribution in [0.25, 0.3) is 0 Å². The molecule has 0 unspecified atom stereocenters. The number of carbonyl (C=O) groups excluding carboxylic acids is 1. The molecule has 0 saturated carbocycles. The lowest BCUT2D eigenvalue weighted by Crippen LogP contribution is -2.05. The Balaban J connectivity index is 2.00. The monoisotopic (exact) mass is 230 g/mol. The molecule has 0 amide bonds. The summed E-state index contributed by atoms with van der Waals surface area (Å²) in [5, 5.41) is 0. The van der Waals surface area contributed by atoms with Crippen molar-refractivity contribution in [3.05, 3.63) is 35.9 Å². The average molecular weight is 231 g/mol. The van der Waals surface area contributed by atoms with Crippen LogP contribution in [0.5, 0.6) is 0 Å². The topological polar surface area (TPSA) is 44.8 Å². The van der Waals surface area contributed by atoms with Crippen LogP contribution in [0.15, 0.2) is 30.3 Å². The second-order valence-corrected chi connectivity index (χ2v) is 2.99. The fraction of sp³-hybridized carbons (Fsp3) is 0.300. The molecule has 0 aromatic heterocycles. The summed E-state index contributed by atoms with van der Waals surface area (Å²) in [7, 11) is 0. The highest BCUT2D eigenvalue weighted by Crippen LogP contribution is 2.00. The standard InChI is InChI=1S/C10H11ClO4/c11-10(12)15-14-7-6-13-8-9-4-2-1-3-5-9/h1-5H,6-8H2. The summed E-state index contributed by atoms with van der Waals surface area (Å²) in [4.78, 5) is 18.5. The molecule has 1 aromatic carbocycles. The van der Waals surface area contributed by atoms with Crippen LogP contribution in [0.2, 0.25) is 0 Å². The molecule has 82 valence electrons. The smallest absolute Gasteiger partial charge is 0.374 e. The molecule has 0 spiro atoms. The Hall–Kier alpha value is -1.10. The lowest BCUT2D eigenvalue weighted by molar-refractivity contribution is -0.238. The van der Waals surface area contributed by atoms with Gasteiger partial charge in [0.05, 0.1) is 13.2 Å². The maximum atomic E-state index is 10.1. The van der Waals surface area contributed by atoms with Gasteiger partial charge in [-0.3, -0.25) is 4.89 Å². The van der Waals surface area contributed by atoms with Gasteiger partial charge in [-0.2, -0.15) is 4.89 Å². The summed E-state index contributed by atoms with van der Waals surface area (Å²) in [6.07, 6.45) is 0. The number of halogens is 1. The number of hydrogen-bond acceptors (Lipinski definition) is 4. The Morgan fingerprint density at radius 1 is 1.20 bits per heavy atom. The molecule has 1 rings (SSSR count). The molecule has 15 heavy (non-hydrogen) atoms. The Morgan fingerprint density at radius 2 is 1.93 bits per heavy atom. The van der Waals surface area contributed by atoms with E-state index in [1.165, 1.54) is 0 Å². The van der Waals surface area contributed by atoms with Gasteiger partial charge < -0.3 is 4.74 Å². The van der Waals surface area contributed by atoms with Gasteiger partial charge in [-0.1, -0.05) is 30.3 Å². The first-order valence-electron chi connectivity index (χ1n) is 4.39. The zero-order valence-electron chi connectivity index (χ0n) is 8.02. The fourth-order valence-corrected chi connectivity index (χ4v) is 0.990. The van der Waals surface area contributed by atoms with Crippen LogP contribution in [-0.2, 0) is 21.1 Å². The van der Waals surface area contributed by atoms with Gasteiger partial charge >= 0.3 is 5.43 Å². The molecule has 0 radical (unpaired) electrons. The first-order valence-corrected chi connectivity index (χ1v) is 4.77. The molecule has 0 saturated heterocycles. The van der Waals surface area contributed by atoms with E-state index >= 15 is 0 Å². The van der Waals surface area contributed by atoms with E-state index in [-0.39, 0.29) is 6.61 Å². The summed E-state index contributed by atoms with van der Waals surface area (Å²) in [5.41, 5.74) is 0.0879. The molecule has 0 bridgehead atoms. The minimum atomic E-state index is -0.988. The molecule has 5 heteroatoms. The van der Waals surface area contributed by atoms with Gasteiger partial charge in [0.25, 0.3) is 0 Å². The summed E-state index contributed by atoms with van der Waals surface area (Å²) in [5.74, 6) is 0. The molecule has 4 nitrogen and oxygen atoms in total. The highest BCUT2D eigenvalue weighted by atomic mass is 35.5. The lowest BCUT2D eigenvalue weighted by atomic mass is 10.2. The Morgan fingerprint density at radius 3 is 2.60 bits per heavy atom. The second kappa shape index (κ2) is 7.23. The quantitative estimate of drug-likeness (QED) is 0.326. The van der Waals surface area contributed by atoms with Crippen molar-refractivity contribution in [3.63, 3.8) is 0 Å². The highest BCUT2D eigenvalue weighted by Gasteiger charge is 1.96. The third kappa shape index (κ3) is 6.06. The maximum absolute atomic E-state index is 10.1. The highest BCUT2D eigenvalue weighted by molar-refractivity contribution is 6.61. The van der Waals surface area contributed by atoms with Crippen LogP contribution in [-0.4, -0.2) is 18.6 Å². The SMILES string of the molecule is O=C(Cl)OOCCOCc1ccccc1. The van der Waals surface area contributed by atoms with Crippen LogP contribution < -0.4 is 0 Å². The number of ether oxygens (including phenoxy) is 1. The molecule has 1 aromatic rings. The number of benzene rings is 1. The Bertz CT molecular complexity index is 289. The van der Waals surface area contributed by atoms with Crippen LogP contribution >= 0.6 is 11.6 Å². The molecular formula is C10H11ClO4. The van der Waals surface area contributed by atoms with Crippen molar-refractivity contribution in [2.24, 2.45) is 0 Å². The number of carbonyl (C=O) groups is 1. The van der Waals surface area contributed by atoms with Crippen LogP contribution in [0.1, 0.15) is 5.56 Å². The molecule has 0 heterocycles. The third-order valence-corrected chi connectivity index (χ3v) is 1.61. The zero-order valence-corrected chi connectivity index (χ0v) is 8.77. The van der Waals surface area contributed by atoms with Crippen molar-refractivity contribution in [1.82, 2.24) is 0 Å². The van der Waals surface area contributed by atoms with Gasteiger partial charge in [0.2, 0.25) is 0 Å². The number of rotatable bonds is 6. The first-order chi connectivity index (χ1) is 7.29. The van der Waals surface area contributed by atoms with Crippen molar-refractivity contribution in [1.29, 1.82) is 0 Å². The van der Waals surface area contributed by atoms with Crippen molar-refractivity contribution >= 4 is 17.0 Å². The largest absolute Gasteiger partial charge is 0.435 e. The van der Waals surface area contributed by atoms with Crippen molar-refractivity contribution in [2.45, 2.75) is 6.61 Å². The third-order valence-electron chi connectivity index (χ3n) is 1.55. The normalized spacial score (nSPS) is 9.93. The van der Waals surface area contributed by atoms with E-state index < -0.39 is 5.43 Å². The van der Waals surface area contributed by atoms with Gasteiger partial charge in [0.1, 0.15) is 6.61 Å². The average Bonchev–Trinajstić information content (AvgIpc) is 2.24. The number of hydrogen-bond donors (Lipinski definition) is 0. The molecule has 0 fully saturated rings. The molecule has 0 aliphatic rings. The second-order valence-electron chi connectivity index (χ2n) is 2.68. The predicted molar refractivity (Wildman–Crippen MR) is 54.4 cm³/mol. The van der Waals surface area contributed by atoms with Crippen molar-refractivity contribution < 1.29 is 19.3 Å². The van der Waals surface area contributed by atoms with Crippen molar-refractivity contribution in [2.75, 3.05) is 13.2 Å². The van der Waals surface area contributed by atoms with E-state index in [2.05, 4.69) is 9.78 Å². The lowest BCUT2D eigenvalue weighted by Gasteiger charge is -2.03. The van der Waals surface area contributed by atoms with E-state index in [0.717, 1.165) is 5.56 Å². The Kier molecular flexibility index (Phi) is 5.77. The fourth-order valence-electron chi connectivity index (χ4n) is 0.945. The van der Waals surface area contributed by atoms with Gasteiger partial charge in [-0.15, -0.1) is 0 Å². The Labute approximate surface area is 92.6 Å². The van der Waals surface area contributed by atoms with Gasteiger partial charge in [-0.25, -0.2) is 4.79 Å². The molecule has 0 aliphatic heterocycles. The maximum Gasteiger partial charge on any atom is 0.435 e. The van der Waals surface area contributed by atoms with E-state index in [0.29, 0.717) is 13.2 Å². The van der Waals surface area contributed by atoms with E-state index in [9.17, 15) is 4.79 Å². The van der Waals surface area contributed by atoms with Crippen LogP contribution in [0.3, 0.4) is 0 Å². The summed E-state index contributed by atoms with van der Waals surface area (Å²) in [6, 6.07) is 9.72. The molecular weight excluding hydrogens is 220 g/mol. The molecule has 0 N–H and O–H groups in total. The minimum Gasteiger partial charge on any atom is -0.374 e. The molecule has 0 atom stereocenters. The van der Waals surface area contributed by atoms with Gasteiger partial charge in [0, 0.05) is 11.6 Å². The minimum absolute atomic E-state index is 0.158. The summed E-state index contributed by atoms with van der Waals surface area (Å²) in [6.45, 7) is 0.989. The van der Waals surface area contributed by atoms with E-state index in [1.807, 2.05) is 30.3 Å². The van der Waals surface area contributed by atoms with Crippen LogP contribution in [0.4, 0.5) is 4.79 Å². The van der Waals surface area contributed by atoms with E-state index in [1.54, 1.807) is 0 Å². The zero-order chi connectivity index (χ0) is 10.9. The van der Waals surface area contributed by atoms with Gasteiger partial charge in [0.15, 0.2) is 0 Å². The first kappa shape index (κ1) is 12.0. The summed E-state index contributed by atoms with van der Waals surface area (Å²) < 4.78 is 5.24.